The van der Waals surface area contributed by atoms with Crippen LogP contribution in [0, 0.1) is 6.92 Å². The molecule has 0 bridgehead atoms. The lowest BCUT2D eigenvalue weighted by Gasteiger charge is -2.17. The highest BCUT2D eigenvalue weighted by Crippen LogP contribution is 2.36. The molecule has 0 aliphatic rings. The van der Waals surface area contributed by atoms with Crippen molar-refractivity contribution in [2.24, 2.45) is 0 Å². The number of aryl methyl sites for hydroxylation is 2. The second kappa shape index (κ2) is 5.78. The van der Waals surface area contributed by atoms with Crippen molar-refractivity contribution in [1.29, 1.82) is 0 Å². The molecule has 3 heteroatoms. The zero-order valence-corrected chi connectivity index (χ0v) is 12.8. The van der Waals surface area contributed by atoms with Crippen molar-refractivity contribution in [3.63, 3.8) is 0 Å². The number of nitrogens with one attached hydrogen (secondary N) is 1. The Hall–Kier alpha value is -2.00. The van der Waals surface area contributed by atoms with Crippen LogP contribution in [0.3, 0.4) is 0 Å². The Morgan fingerprint density at radius 2 is 1.95 bits per heavy atom. The Balaban J connectivity index is 2.21. The van der Waals surface area contributed by atoms with Crippen molar-refractivity contribution >= 4 is 11.0 Å². The molecule has 3 aromatic rings. The van der Waals surface area contributed by atoms with E-state index in [1.165, 1.54) is 5.56 Å². The van der Waals surface area contributed by atoms with Crippen LogP contribution in [-0.2, 0) is 6.42 Å². The van der Waals surface area contributed by atoms with Crippen LogP contribution in [0.4, 0.5) is 0 Å². The van der Waals surface area contributed by atoms with Crippen molar-refractivity contribution in [2.45, 2.75) is 33.2 Å². The molecule has 1 N–H and O–H groups in total. The van der Waals surface area contributed by atoms with Crippen LogP contribution < -0.4 is 5.32 Å². The largest absolute Gasteiger partial charge is 0.467 e. The molecule has 0 spiro atoms. The van der Waals surface area contributed by atoms with E-state index < -0.39 is 0 Å². The number of furan rings is 2. The molecule has 0 saturated carbocycles. The second-order valence-electron chi connectivity index (χ2n) is 5.25. The van der Waals surface area contributed by atoms with Crippen LogP contribution in [-0.4, -0.2) is 6.54 Å². The molecule has 0 aliphatic heterocycles. The van der Waals surface area contributed by atoms with Crippen LogP contribution in [0.5, 0.6) is 0 Å². The van der Waals surface area contributed by atoms with Gasteiger partial charge in [0.2, 0.25) is 0 Å². The maximum Gasteiger partial charge on any atom is 0.134 e. The molecule has 110 valence electrons. The molecule has 21 heavy (non-hydrogen) atoms. The SMILES string of the molecule is CCNC(c1occc1C)c1c(CC)oc2ccccc12. The minimum Gasteiger partial charge on any atom is -0.467 e. The van der Waals surface area contributed by atoms with Crippen molar-refractivity contribution in [2.75, 3.05) is 6.54 Å². The van der Waals surface area contributed by atoms with Crippen molar-refractivity contribution in [3.8, 4) is 0 Å². The average Bonchev–Trinajstić information content (AvgIpc) is 3.08. The third-order valence-electron chi connectivity index (χ3n) is 3.89. The van der Waals surface area contributed by atoms with Crippen molar-refractivity contribution < 1.29 is 8.83 Å². The van der Waals surface area contributed by atoms with E-state index in [2.05, 4.69) is 38.2 Å². The molecule has 3 rings (SSSR count). The average molecular weight is 283 g/mol. The first kappa shape index (κ1) is 14.0. The van der Waals surface area contributed by atoms with E-state index in [1.807, 2.05) is 18.2 Å². The third-order valence-corrected chi connectivity index (χ3v) is 3.89. The summed E-state index contributed by atoms with van der Waals surface area (Å²) in [7, 11) is 0. The normalized spacial score (nSPS) is 12.9. The lowest BCUT2D eigenvalue weighted by Crippen LogP contribution is -2.23. The molecule has 2 aromatic heterocycles. The van der Waals surface area contributed by atoms with E-state index in [0.29, 0.717) is 0 Å². The van der Waals surface area contributed by atoms with Crippen molar-refractivity contribution in [1.82, 2.24) is 5.32 Å². The van der Waals surface area contributed by atoms with E-state index >= 15 is 0 Å². The van der Waals surface area contributed by atoms with Crippen LogP contribution in [0.2, 0.25) is 0 Å². The van der Waals surface area contributed by atoms with Gasteiger partial charge in [-0.3, -0.25) is 0 Å². The number of hydrogen-bond donors (Lipinski definition) is 1. The van der Waals surface area contributed by atoms with Gasteiger partial charge in [-0.05, 0) is 31.2 Å². The quantitative estimate of drug-likeness (QED) is 0.744. The first-order valence-corrected chi connectivity index (χ1v) is 7.53. The predicted octanol–water partition coefficient (Wildman–Crippen LogP) is 4.60. The number of para-hydroxylation sites is 1. The molecule has 0 saturated heterocycles. The maximum atomic E-state index is 6.03. The summed E-state index contributed by atoms with van der Waals surface area (Å²) in [6.07, 6.45) is 2.62. The molecule has 3 nitrogen and oxygen atoms in total. The van der Waals surface area contributed by atoms with Gasteiger partial charge in [0.25, 0.3) is 0 Å². The molecule has 0 amide bonds. The zero-order valence-electron chi connectivity index (χ0n) is 12.8. The van der Waals surface area contributed by atoms with Crippen LogP contribution in [0.15, 0.2) is 45.4 Å². The fraction of sp³-hybridized carbons (Fsp3) is 0.333. The van der Waals surface area contributed by atoms with E-state index in [0.717, 1.165) is 41.0 Å². The van der Waals surface area contributed by atoms with E-state index in [-0.39, 0.29) is 6.04 Å². The second-order valence-corrected chi connectivity index (χ2v) is 5.25. The lowest BCUT2D eigenvalue weighted by atomic mass is 9.97. The summed E-state index contributed by atoms with van der Waals surface area (Å²) in [6.45, 7) is 7.18. The molecule has 1 atom stereocenters. The van der Waals surface area contributed by atoms with Gasteiger partial charge in [-0.15, -0.1) is 0 Å². The van der Waals surface area contributed by atoms with E-state index in [9.17, 15) is 0 Å². The van der Waals surface area contributed by atoms with Crippen molar-refractivity contribution in [3.05, 3.63) is 59.2 Å². The first-order valence-electron chi connectivity index (χ1n) is 7.53. The molecule has 0 radical (unpaired) electrons. The Bertz CT molecular complexity index is 739. The number of rotatable bonds is 5. The van der Waals surface area contributed by atoms with Crippen LogP contribution >= 0.6 is 0 Å². The minimum absolute atomic E-state index is 0.0311. The first-order chi connectivity index (χ1) is 10.3. The molecule has 0 fully saturated rings. The fourth-order valence-corrected chi connectivity index (χ4v) is 2.91. The maximum absolute atomic E-state index is 6.03. The van der Waals surface area contributed by atoms with Gasteiger partial charge in [0.15, 0.2) is 0 Å². The number of hydrogen-bond acceptors (Lipinski definition) is 3. The van der Waals surface area contributed by atoms with Gasteiger partial charge in [0.05, 0.1) is 12.3 Å². The van der Waals surface area contributed by atoms with Gasteiger partial charge in [-0.25, -0.2) is 0 Å². The third kappa shape index (κ3) is 2.38. The summed E-state index contributed by atoms with van der Waals surface area (Å²) in [5, 5.41) is 4.70. The monoisotopic (exact) mass is 283 g/mol. The molecule has 1 aromatic carbocycles. The van der Waals surface area contributed by atoms with E-state index in [1.54, 1.807) is 6.26 Å². The van der Waals surface area contributed by atoms with Gasteiger partial charge in [0.1, 0.15) is 17.1 Å². The summed E-state index contributed by atoms with van der Waals surface area (Å²) in [4.78, 5) is 0. The molecular formula is C18H21NO2. The summed E-state index contributed by atoms with van der Waals surface area (Å²) in [6, 6.07) is 10.2. The van der Waals surface area contributed by atoms with Gasteiger partial charge in [0, 0.05) is 17.4 Å². The minimum atomic E-state index is 0.0311. The zero-order chi connectivity index (χ0) is 14.8. The molecule has 0 aliphatic carbocycles. The number of benzene rings is 1. The Labute approximate surface area is 124 Å². The highest BCUT2D eigenvalue weighted by atomic mass is 16.3. The smallest absolute Gasteiger partial charge is 0.134 e. The van der Waals surface area contributed by atoms with Crippen LogP contribution in [0.25, 0.3) is 11.0 Å². The summed E-state index contributed by atoms with van der Waals surface area (Å²) in [5.74, 6) is 2.00. The van der Waals surface area contributed by atoms with E-state index in [4.69, 9.17) is 8.83 Å². The standard InChI is InChI=1S/C18H21NO2/c1-4-14-16(13-8-6-7-9-15(13)21-14)17(19-5-2)18-12(3)10-11-20-18/h6-11,17,19H,4-5H2,1-3H3. The van der Waals surface area contributed by atoms with Gasteiger partial charge >= 0.3 is 0 Å². The summed E-state index contributed by atoms with van der Waals surface area (Å²) < 4.78 is 11.8. The Morgan fingerprint density at radius 1 is 1.14 bits per heavy atom. The Morgan fingerprint density at radius 3 is 2.62 bits per heavy atom. The van der Waals surface area contributed by atoms with Gasteiger partial charge in [-0.1, -0.05) is 32.0 Å². The summed E-state index contributed by atoms with van der Waals surface area (Å²) >= 11 is 0. The Kier molecular flexibility index (Phi) is 3.84. The number of fused-ring (bicyclic) bond motifs is 1. The summed E-state index contributed by atoms with van der Waals surface area (Å²) in [5.41, 5.74) is 3.30. The van der Waals surface area contributed by atoms with Crippen LogP contribution in [0.1, 0.15) is 42.5 Å². The molecule has 2 heterocycles. The van der Waals surface area contributed by atoms with Gasteiger partial charge < -0.3 is 14.2 Å². The molecule has 1 unspecified atom stereocenters. The fourth-order valence-electron chi connectivity index (χ4n) is 2.91. The highest BCUT2D eigenvalue weighted by Gasteiger charge is 2.25. The molecular weight excluding hydrogens is 262 g/mol. The highest BCUT2D eigenvalue weighted by molar-refractivity contribution is 5.83. The predicted molar refractivity (Wildman–Crippen MR) is 84.6 cm³/mol. The lowest BCUT2D eigenvalue weighted by molar-refractivity contribution is 0.442. The van der Waals surface area contributed by atoms with Gasteiger partial charge in [-0.2, -0.15) is 0 Å². The topological polar surface area (TPSA) is 38.3 Å².